The Kier molecular flexibility index (Phi) is 5.89. The number of hydrogen-bond donors (Lipinski definition) is 0. The summed E-state index contributed by atoms with van der Waals surface area (Å²) in [7, 11) is 0. The number of halogens is 1. The van der Waals surface area contributed by atoms with Gasteiger partial charge in [0.2, 0.25) is 0 Å². The molecule has 45 heavy (non-hydrogen) atoms. The van der Waals surface area contributed by atoms with E-state index in [0.717, 1.165) is 59.8 Å². The van der Waals surface area contributed by atoms with Gasteiger partial charge in [-0.15, -0.1) is 0 Å². The average molecular weight is 644 g/mol. The van der Waals surface area contributed by atoms with E-state index in [1.54, 1.807) is 0 Å². The Morgan fingerprint density at radius 2 is 1.09 bits per heavy atom. The van der Waals surface area contributed by atoms with Crippen molar-refractivity contribution in [2.75, 3.05) is 0 Å². The minimum absolute atomic E-state index is 0.557. The van der Waals surface area contributed by atoms with Crippen molar-refractivity contribution in [2.24, 2.45) is 0 Å². The summed E-state index contributed by atoms with van der Waals surface area (Å²) in [6, 6.07) is 47.6. The highest BCUT2D eigenvalue weighted by molar-refractivity contribution is 9.10. The van der Waals surface area contributed by atoms with Gasteiger partial charge in [-0.3, -0.25) is 0 Å². The number of aromatic nitrogens is 4. The van der Waals surface area contributed by atoms with Gasteiger partial charge >= 0.3 is 0 Å². The minimum atomic E-state index is 0.557. The molecule has 0 saturated carbocycles. The van der Waals surface area contributed by atoms with Gasteiger partial charge in [0.05, 0.1) is 16.6 Å². The van der Waals surface area contributed by atoms with Crippen LogP contribution >= 0.6 is 15.9 Å². The van der Waals surface area contributed by atoms with Gasteiger partial charge in [-0.2, -0.15) is 0 Å². The van der Waals surface area contributed by atoms with E-state index >= 15 is 0 Å². The van der Waals surface area contributed by atoms with Crippen molar-refractivity contribution in [1.82, 2.24) is 19.5 Å². The highest BCUT2D eigenvalue weighted by Crippen LogP contribution is 2.37. The van der Waals surface area contributed by atoms with Gasteiger partial charge in [-0.05, 0) is 42.5 Å². The van der Waals surface area contributed by atoms with Gasteiger partial charge in [-0.25, -0.2) is 15.0 Å². The van der Waals surface area contributed by atoms with Crippen molar-refractivity contribution in [1.29, 1.82) is 0 Å². The third-order valence-electron chi connectivity index (χ3n) is 8.29. The first-order valence-corrected chi connectivity index (χ1v) is 15.5. The highest BCUT2D eigenvalue weighted by Gasteiger charge is 2.19. The fourth-order valence-corrected chi connectivity index (χ4v) is 6.78. The lowest BCUT2D eigenvalue weighted by molar-refractivity contribution is 0.669. The second-order valence-electron chi connectivity index (χ2n) is 11.0. The zero-order valence-corrected chi connectivity index (χ0v) is 25.4. The third-order valence-corrected chi connectivity index (χ3v) is 8.75. The quantitative estimate of drug-likeness (QED) is 0.192. The lowest BCUT2D eigenvalue weighted by Crippen LogP contribution is -2.01. The van der Waals surface area contributed by atoms with Gasteiger partial charge in [-0.1, -0.05) is 113 Å². The first kappa shape index (κ1) is 25.9. The molecule has 5 nitrogen and oxygen atoms in total. The zero-order chi connectivity index (χ0) is 29.9. The molecular weight excluding hydrogens is 620 g/mol. The third kappa shape index (κ3) is 4.25. The monoisotopic (exact) mass is 642 g/mol. The SMILES string of the molecule is Brc1cc(-c2nc(-c3ccccc3)nc(-c3cccc4c3oc3ccccc34)n2)cc(-n2c3ccccc3c3ccccc32)c1. The van der Waals surface area contributed by atoms with Crippen molar-refractivity contribution >= 4 is 59.7 Å². The number of benzene rings is 6. The lowest BCUT2D eigenvalue weighted by atomic mass is 10.1. The Labute approximate surface area is 266 Å². The Balaban J connectivity index is 1.29. The number of furan rings is 1. The van der Waals surface area contributed by atoms with Crippen LogP contribution in [-0.4, -0.2) is 19.5 Å². The van der Waals surface area contributed by atoms with Crippen molar-refractivity contribution < 1.29 is 4.42 Å². The minimum Gasteiger partial charge on any atom is -0.455 e. The maximum absolute atomic E-state index is 6.39. The standard InChI is InChI=1S/C39H23BrN4O/c40-26-21-25(22-27(23-26)44-33-18-7-4-13-28(33)29-14-5-8-19-34(29)44)38-41-37(24-11-2-1-3-12-24)42-39(43-38)32-17-10-16-31-30-15-6-9-20-35(30)45-36(31)32/h1-23H. The van der Waals surface area contributed by atoms with E-state index < -0.39 is 0 Å². The van der Waals surface area contributed by atoms with Gasteiger partial charge in [0, 0.05) is 42.8 Å². The number of nitrogens with zero attached hydrogens (tertiary/aromatic N) is 4. The second kappa shape index (κ2) is 10.3. The molecule has 0 saturated heterocycles. The van der Waals surface area contributed by atoms with E-state index in [2.05, 4.69) is 99.4 Å². The lowest BCUT2D eigenvalue weighted by Gasteiger charge is -2.12. The highest BCUT2D eigenvalue weighted by atomic mass is 79.9. The van der Waals surface area contributed by atoms with Crippen molar-refractivity contribution in [3.05, 3.63) is 144 Å². The van der Waals surface area contributed by atoms with E-state index in [0.29, 0.717) is 17.5 Å². The molecule has 3 aromatic heterocycles. The summed E-state index contributed by atoms with van der Waals surface area (Å²) < 4.78 is 9.62. The molecule has 0 spiro atoms. The molecule has 0 amide bonds. The average Bonchev–Trinajstić information content (AvgIpc) is 3.64. The van der Waals surface area contributed by atoms with E-state index in [4.69, 9.17) is 19.4 Å². The van der Waals surface area contributed by atoms with Crippen molar-refractivity contribution in [3.63, 3.8) is 0 Å². The molecule has 9 rings (SSSR count). The molecule has 0 fully saturated rings. The van der Waals surface area contributed by atoms with E-state index in [9.17, 15) is 0 Å². The second-order valence-corrected chi connectivity index (χ2v) is 11.9. The van der Waals surface area contributed by atoms with Crippen LogP contribution in [0.3, 0.4) is 0 Å². The Bertz CT molecular complexity index is 2510. The van der Waals surface area contributed by atoms with E-state index in [1.165, 1.54) is 10.8 Å². The number of fused-ring (bicyclic) bond motifs is 6. The van der Waals surface area contributed by atoms with Crippen LogP contribution in [-0.2, 0) is 0 Å². The predicted octanol–water partition coefficient (Wildman–Crippen LogP) is 10.6. The first-order valence-electron chi connectivity index (χ1n) is 14.7. The van der Waals surface area contributed by atoms with Crippen LogP contribution < -0.4 is 0 Å². The molecule has 6 heteroatoms. The van der Waals surface area contributed by atoms with Crippen LogP contribution in [0.1, 0.15) is 0 Å². The van der Waals surface area contributed by atoms with Crippen LogP contribution in [0.25, 0.3) is 83.6 Å². The number of rotatable bonds is 4. The molecular formula is C39H23BrN4O. The van der Waals surface area contributed by atoms with Gasteiger partial charge in [0.25, 0.3) is 0 Å². The van der Waals surface area contributed by atoms with Gasteiger partial charge < -0.3 is 8.98 Å². The largest absolute Gasteiger partial charge is 0.455 e. The fraction of sp³-hybridized carbons (Fsp3) is 0. The Morgan fingerprint density at radius 1 is 0.489 bits per heavy atom. The Morgan fingerprint density at radius 3 is 1.84 bits per heavy atom. The molecule has 3 heterocycles. The topological polar surface area (TPSA) is 56.7 Å². The molecule has 0 aliphatic rings. The molecule has 0 aliphatic carbocycles. The molecule has 0 aliphatic heterocycles. The summed E-state index contributed by atoms with van der Waals surface area (Å²) in [5, 5.41) is 4.52. The molecule has 9 aromatic rings. The first-order chi connectivity index (χ1) is 22.2. The van der Waals surface area contributed by atoms with Gasteiger partial charge in [0.1, 0.15) is 11.2 Å². The van der Waals surface area contributed by atoms with Crippen LogP contribution in [0, 0.1) is 0 Å². The molecule has 0 N–H and O–H groups in total. The molecule has 0 bridgehead atoms. The van der Waals surface area contributed by atoms with Crippen LogP contribution in [0.4, 0.5) is 0 Å². The van der Waals surface area contributed by atoms with Crippen molar-refractivity contribution in [2.45, 2.75) is 0 Å². The summed E-state index contributed by atoms with van der Waals surface area (Å²) in [4.78, 5) is 15.1. The molecule has 0 atom stereocenters. The molecule has 0 unspecified atom stereocenters. The maximum atomic E-state index is 6.39. The summed E-state index contributed by atoms with van der Waals surface area (Å²) in [5.74, 6) is 1.74. The number of hydrogen-bond acceptors (Lipinski definition) is 4. The van der Waals surface area contributed by atoms with Gasteiger partial charge in [0.15, 0.2) is 17.5 Å². The normalized spacial score (nSPS) is 11.7. The van der Waals surface area contributed by atoms with Crippen LogP contribution in [0.15, 0.2) is 148 Å². The van der Waals surface area contributed by atoms with Crippen molar-refractivity contribution in [3.8, 4) is 39.9 Å². The van der Waals surface area contributed by atoms with Crippen LogP contribution in [0.5, 0.6) is 0 Å². The summed E-state index contributed by atoms with van der Waals surface area (Å²) in [6.07, 6.45) is 0. The Hall–Kier alpha value is -5.59. The van der Waals surface area contributed by atoms with Crippen LogP contribution in [0.2, 0.25) is 0 Å². The summed E-state index contributed by atoms with van der Waals surface area (Å²) >= 11 is 3.80. The fourth-order valence-electron chi connectivity index (χ4n) is 6.30. The number of para-hydroxylation sites is 4. The maximum Gasteiger partial charge on any atom is 0.167 e. The van der Waals surface area contributed by atoms with E-state index in [1.807, 2.05) is 60.7 Å². The predicted molar refractivity (Wildman–Crippen MR) is 185 cm³/mol. The molecule has 6 aromatic carbocycles. The molecule has 0 radical (unpaired) electrons. The summed E-state index contributed by atoms with van der Waals surface area (Å²) in [6.45, 7) is 0. The zero-order valence-electron chi connectivity index (χ0n) is 23.9. The molecule has 212 valence electrons. The van der Waals surface area contributed by atoms with E-state index in [-0.39, 0.29) is 0 Å². The smallest absolute Gasteiger partial charge is 0.167 e. The summed E-state index contributed by atoms with van der Waals surface area (Å²) in [5.41, 5.74) is 7.49.